The molecule has 0 unspecified atom stereocenters. The third-order valence-electron chi connectivity index (χ3n) is 5.32. The van der Waals surface area contributed by atoms with Crippen LogP contribution in [0.25, 0.3) is 33.4 Å². The van der Waals surface area contributed by atoms with Crippen LogP contribution in [0, 0.1) is 5.82 Å². The standard InChI is InChI=1S/C25H24FN3O2.CH3ClS/c1-28-25(30)23-20-12-19(17-6-4-5-15(11-17)14-27)21(29(2)3)13-22(20)31-24(23)16-7-9-18(26)10-8-16;1-3-2/h4-13H,14,27H2,1-3H3,(H,28,30);1H3. The van der Waals surface area contributed by atoms with E-state index in [-0.39, 0.29) is 11.7 Å². The third kappa shape index (κ3) is 5.38. The summed E-state index contributed by atoms with van der Waals surface area (Å²) >= 11 is 0. The molecule has 5 nitrogen and oxygen atoms in total. The molecule has 0 spiro atoms. The summed E-state index contributed by atoms with van der Waals surface area (Å²) < 4.78 is 19.6. The van der Waals surface area contributed by atoms with Crippen molar-refractivity contribution in [2.24, 2.45) is 5.73 Å². The Balaban J connectivity index is 0.00000103. The van der Waals surface area contributed by atoms with Gasteiger partial charge in [0.1, 0.15) is 17.2 Å². The fraction of sp³-hybridized carbons (Fsp3) is 0.192. The van der Waals surface area contributed by atoms with Gasteiger partial charge in [-0.15, -0.1) is 0 Å². The number of anilines is 1. The second kappa shape index (κ2) is 11.4. The first kappa shape index (κ1) is 25.6. The predicted molar refractivity (Wildman–Crippen MR) is 142 cm³/mol. The molecule has 3 aromatic carbocycles. The minimum Gasteiger partial charge on any atom is -0.455 e. The van der Waals surface area contributed by atoms with Crippen LogP contribution in [0.15, 0.2) is 65.1 Å². The van der Waals surface area contributed by atoms with E-state index in [1.54, 1.807) is 19.2 Å². The van der Waals surface area contributed by atoms with Gasteiger partial charge in [0.05, 0.1) is 5.56 Å². The molecule has 1 amide bonds. The molecule has 0 bridgehead atoms. The van der Waals surface area contributed by atoms with E-state index in [2.05, 4.69) is 11.4 Å². The maximum atomic E-state index is 13.5. The first-order chi connectivity index (χ1) is 16.3. The second-order valence-corrected chi connectivity index (χ2v) is 8.95. The van der Waals surface area contributed by atoms with Gasteiger partial charge in [0.15, 0.2) is 0 Å². The van der Waals surface area contributed by atoms with Crippen molar-refractivity contribution in [1.82, 2.24) is 5.32 Å². The molecule has 0 aliphatic rings. The number of amides is 1. The normalized spacial score (nSPS) is 10.6. The summed E-state index contributed by atoms with van der Waals surface area (Å²) in [5.74, 6) is -0.206. The summed E-state index contributed by atoms with van der Waals surface area (Å²) in [5.41, 5.74) is 11.4. The highest BCUT2D eigenvalue weighted by atomic mass is 35.7. The molecule has 0 radical (unpaired) electrons. The van der Waals surface area contributed by atoms with Gasteiger partial charge >= 0.3 is 0 Å². The quantitative estimate of drug-likeness (QED) is 0.337. The molecule has 4 rings (SSSR count). The number of fused-ring (bicyclic) bond motifs is 1. The summed E-state index contributed by atoms with van der Waals surface area (Å²) in [7, 11) is 11.6. The molecule has 0 aliphatic carbocycles. The van der Waals surface area contributed by atoms with E-state index in [1.807, 2.05) is 55.6 Å². The van der Waals surface area contributed by atoms with Crippen molar-refractivity contribution in [1.29, 1.82) is 0 Å². The molecule has 1 aromatic heterocycles. The Hall–Kier alpha value is -3.00. The number of carbonyl (C=O) groups excluding carboxylic acids is 1. The van der Waals surface area contributed by atoms with Crippen LogP contribution in [0.5, 0.6) is 0 Å². The molecule has 0 atom stereocenters. The minimum atomic E-state index is -0.349. The first-order valence-corrected chi connectivity index (χ1v) is 12.6. The molecule has 1 heterocycles. The molecular formula is C26H27ClFN3O2S. The van der Waals surface area contributed by atoms with Gasteiger partial charge < -0.3 is 20.4 Å². The Morgan fingerprint density at radius 1 is 1.12 bits per heavy atom. The molecular weight excluding hydrogens is 473 g/mol. The lowest BCUT2D eigenvalue weighted by Crippen LogP contribution is -2.18. The van der Waals surface area contributed by atoms with Crippen LogP contribution >= 0.6 is 21.7 Å². The van der Waals surface area contributed by atoms with Gasteiger partial charge in [-0.25, -0.2) is 4.39 Å². The van der Waals surface area contributed by atoms with Gasteiger partial charge in [0, 0.05) is 56.0 Å². The highest BCUT2D eigenvalue weighted by Crippen LogP contribution is 2.40. The maximum absolute atomic E-state index is 13.5. The Morgan fingerprint density at radius 3 is 2.38 bits per heavy atom. The van der Waals surface area contributed by atoms with Crippen molar-refractivity contribution < 1.29 is 13.6 Å². The number of carbonyl (C=O) groups is 1. The van der Waals surface area contributed by atoms with E-state index in [9.17, 15) is 9.18 Å². The number of hydrogen-bond donors (Lipinski definition) is 2. The van der Waals surface area contributed by atoms with E-state index in [4.69, 9.17) is 20.8 Å². The summed E-state index contributed by atoms with van der Waals surface area (Å²) in [6.07, 6.45) is 1.81. The average molecular weight is 500 g/mol. The van der Waals surface area contributed by atoms with Crippen LogP contribution in [-0.4, -0.2) is 33.3 Å². The first-order valence-electron chi connectivity index (χ1n) is 10.5. The topological polar surface area (TPSA) is 71.5 Å². The lowest BCUT2D eigenvalue weighted by Gasteiger charge is -2.18. The average Bonchev–Trinajstić information content (AvgIpc) is 3.22. The Bertz CT molecular complexity index is 1290. The summed E-state index contributed by atoms with van der Waals surface area (Å²) in [6, 6.07) is 17.9. The van der Waals surface area contributed by atoms with E-state index in [0.29, 0.717) is 34.4 Å². The lowest BCUT2D eigenvalue weighted by molar-refractivity contribution is 0.0964. The van der Waals surface area contributed by atoms with Gasteiger partial charge in [-0.3, -0.25) is 4.79 Å². The van der Waals surface area contributed by atoms with Gasteiger partial charge in [-0.05, 0) is 64.5 Å². The lowest BCUT2D eigenvalue weighted by atomic mass is 9.97. The number of nitrogens with one attached hydrogen (secondary N) is 1. The number of nitrogens with zero attached hydrogens (tertiary/aromatic N) is 1. The zero-order valence-corrected chi connectivity index (χ0v) is 21.1. The van der Waals surface area contributed by atoms with Crippen LogP contribution in [0.3, 0.4) is 0 Å². The van der Waals surface area contributed by atoms with Crippen LogP contribution < -0.4 is 16.0 Å². The van der Waals surface area contributed by atoms with Crippen molar-refractivity contribution >= 4 is 44.2 Å². The van der Waals surface area contributed by atoms with Crippen molar-refractivity contribution in [3.05, 3.63) is 77.6 Å². The van der Waals surface area contributed by atoms with Gasteiger partial charge in [-0.2, -0.15) is 0 Å². The molecule has 178 valence electrons. The fourth-order valence-corrected chi connectivity index (χ4v) is 3.75. The van der Waals surface area contributed by atoms with Gasteiger partial charge in [-0.1, -0.05) is 29.2 Å². The zero-order valence-electron chi connectivity index (χ0n) is 19.5. The molecule has 4 aromatic rings. The molecule has 34 heavy (non-hydrogen) atoms. The number of furan rings is 1. The van der Waals surface area contributed by atoms with E-state index in [1.165, 1.54) is 23.1 Å². The zero-order chi connectivity index (χ0) is 24.8. The van der Waals surface area contributed by atoms with Crippen molar-refractivity contribution in [3.63, 3.8) is 0 Å². The third-order valence-corrected chi connectivity index (χ3v) is 5.32. The molecule has 0 saturated heterocycles. The number of rotatable bonds is 5. The van der Waals surface area contributed by atoms with Crippen molar-refractivity contribution in [3.8, 4) is 22.5 Å². The Kier molecular flexibility index (Phi) is 8.61. The van der Waals surface area contributed by atoms with Crippen LogP contribution in [0.1, 0.15) is 15.9 Å². The van der Waals surface area contributed by atoms with Crippen molar-refractivity contribution in [2.75, 3.05) is 32.3 Å². The van der Waals surface area contributed by atoms with Crippen LogP contribution in [-0.2, 0) is 6.54 Å². The van der Waals surface area contributed by atoms with Gasteiger partial charge in [0.25, 0.3) is 5.91 Å². The smallest absolute Gasteiger partial charge is 0.255 e. The van der Waals surface area contributed by atoms with Crippen LogP contribution in [0.4, 0.5) is 10.1 Å². The molecule has 0 fully saturated rings. The Morgan fingerprint density at radius 2 is 1.79 bits per heavy atom. The second-order valence-electron chi connectivity index (χ2n) is 7.71. The highest BCUT2D eigenvalue weighted by molar-refractivity contribution is 8.20. The van der Waals surface area contributed by atoms with Crippen LogP contribution in [0.2, 0.25) is 0 Å². The molecule has 0 aliphatic heterocycles. The molecule has 8 heteroatoms. The number of hydrogen-bond acceptors (Lipinski definition) is 5. The van der Waals surface area contributed by atoms with Crippen molar-refractivity contribution in [2.45, 2.75) is 6.54 Å². The summed E-state index contributed by atoms with van der Waals surface area (Å²) in [5, 5.41) is 3.39. The number of halogens is 2. The fourth-order valence-electron chi connectivity index (χ4n) is 3.75. The number of nitrogens with two attached hydrogens (primary N) is 1. The predicted octanol–water partition coefficient (Wildman–Crippen LogP) is 6.29. The summed E-state index contributed by atoms with van der Waals surface area (Å²) in [4.78, 5) is 14.8. The largest absolute Gasteiger partial charge is 0.455 e. The highest BCUT2D eigenvalue weighted by Gasteiger charge is 2.23. The minimum absolute atomic E-state index is 0.266. The Labute approximate surface area is 207 Å². The summed E-state index contributed by atoms with van der Waals surface area (Å²) in [6.45, 7) is 0.442. The van der Waals surface area contributed by atoms with E-state index in [0.717, 1.165) is 22.4 Å². The van der Waals surface area contributed by atoms with E-state index >= 15 is 0 Å². The van der Waals surface area contributed by atoms with Gasteiger partial charge in [0.2, 0.25) is 0 Å². The van der Waals surface area contributed by atoms with E-state index < -0.39 is 0 Å². The maximum Gasteiger partial charge on any atom is 0.255 e. The SMILES string of the molecule is CNC(=O)c1c(-c2ccc(F)cc2)oc2cc(N(C)C)c(-c3cccc(CN)c3)cc12.CSCl. The molecule has 3 N–H and O–H groups in total. The number of benzene rings is 3. The molecule has 0 saturated carbocycles. The monoisotopic (exact) mass is 499 g/mol.